The number of carbonyl (C=O) groups excluding carboxylic acids is 2. The van der Waals surface area contributed by atoms with Crippen molar-refractivity contribution in [2.24, 2.45) is 17.8 Å². The Hall–Kier alpha value is -1.79. The Bertz CT molecular complexity index is 469. The molecule has 1 saturated heterocycles. The van der Waals surface area contributed by atoms with Crippen LogP contribution < -0.4 is 0 Å². The Morgan fingerprint density at radius 2 is 1.90 bits per heavy atom. The van der Waals surface area contributed by atoms with Gasteiger partial charge in [0.1, 0.15) is 11.6 Å². The van der Waals surface area contributed by atoms with Crippen molar-refractivity contribution in [3.8, 4) is 0 Å². The fourth-order valence-corrected chi connectivity index (χ4v) is 2.99. The normalized spacial score (nSPS) is 30.6. The van der Waals surface area contributed by atoms with Crippen LogP contribution in [-0.2, 0) is 19.1 Å². The standard InChI is InChI=1S/C14H21NO6/c1-5-20-12(18)9-7-6-15(10(8(7)9)11(16)17)13(19)21-14(2,3)4/h7-10H,5-6H2,1-4H3,(H,16,17)/t7?,8?,9?,10-/m0/s1. The molecule has 2 fully saturated rings. The van der Waals surface area contributed by atoms with E-state index >= 15 is 0 Å². The SMILES string of the molecule is CCOC(=O)C1C2CN(C(=O)OC(C)(C)C)[C@H](C(=O)O)C21. The Kier molecular flexibility index (Phi) is 3.86. The maximum absolute atomic E-state index is 12.1. The number of carboxylic acid groups (broad SMARTS) is 1. The molecule has 1 N–H and O–H groups in total. The van der Waals surface area contributed by atoms with Gasteiger partial charge in [-0.1, -0.05) is 0 Å². The van der Waals surface area contributed by atoms with E-state index in [1.54, 1.807) is 27.7 Å². The first-order chi connectivity index (χ1) is 9.67. The van der Waals surface area contributed by atoms with Crippen molar-refractivity contribution in [3.63, 3.8) is 0 Å². The number of piperidine rings is 1. The van der Waals surface area contributed by atoms with Gasteiger partial charge in [0.05, 0.1) is 12.5 Å². The Balaban J connectivity index is 2.07. The van der Waals surface area contributed by atoms with E-state index in [1.807, 2.05) is 0 Å². The van der Waals surface area contributed by atoms with Gasteiger partial charge in [-0.2, -0.15) is 0 Å². The van der Waals surface area contributed by atoms with E-state index in [1.165, 1.54) is 4.90 Å². The van der Waals surface area contributed by atoms with Crippen molar-refractivity contribution in [1.29, 1.82) is 0 Å². The fraction of sp³-hybridized carbons (Fsp3) is 0.786. The number of rotatable bonds is 3. The Morgan fingerprint density at radius 3 is 2.38 bits per heavy atom. The molecule has 1 aliphatic carbocycles. The number of hydrogen-bond acceptors (Lipinski definition) is 5. The molecule has 0 bridgehead atoms. The van der Waals surface area contributed by atoms with E-state index in [4.69, 9.17) is 9.47 Å². The number of aliphatic carboxylic acids is 1. The molecule has 7 heteroatoms. The lowest BCUT2D eigenvalue weighted by Gasteiger charge is -2.29. The highest BCUT2D eigenvalue weighted by atomic mass is 16.6. The Labute approximate surface area is 123 Å². The third-order valence-corrected chi connectivity index (χ3v) is 3.78. The summed E-state index contributed by atoms with van der Waals surface area (Å²) in [5.41, 5.74) is -0.687. The predicted octanol–water partition coefficient (Wildman–Crippen LogP) is 1.12. The van der Waals surface area contributed by atoms with Crippen molar-refractivity contribution in [2.75, 3.05) is 13.2 Å². The number of hydrogen-bond donors (Lipinski definition) is 1. The highest BCUT2D eigenvalue weighted by Crippen LogP contribution is 2.56. The van der Waals surface area contributed by atoms with Gasteiger partial charge in [-0.05, 0) is 33.6 Å². The summed E-state index contributed by atoms with van der Waals surface area (Å²) >= 11 is 0. The summed E-state index contributed by atoms with van der Waals surface area (Å²) in [5.74, 6) is -2.40. The lowest BCUT2D eigenvalue weighted by molar-refractivity contribution is -0.147. The summed E-state index contributed by atoms with van der Waals surface area (Å²) in [4.78, 5) is 36.5. The van der Waals surface area contributed by atoms with Crippen LogP contribution in [0.1, 0.15) is 27.7 Å². The zero-order valence-electron chi connectivity index (χ0n) is 12.7. The molecule has 0 aromatic carbocycles. The third kappa shape index (κ3) is 2.96. The molecule has 1 amide bonds. The van der Waals surface area contributed by atoms with Crippen molar-refractivity contribution in [1.82, 2.24) is 4.90 Å². The minimum absolute atomic E-state index is 0.141. The van der Waals surface area contributed by atoms with Gasteiger partial charge >= 0.3 is 18.0 Å². The molecule has 118 valence electrons. The summed E-state index contributed by atoms with van der Waals surface area (Å²) in [6, 6.07) is -1.01. The van der Waals surface area contributed by atoms with Gasteiger partial charge in [-0.25, -0.2) is 9.59 Å². The number of amides is 1. The Morgan fingerprint density at radius 1 is 1.29 bits per heavy atom. The van der Waals surface area contributed by atoms with Crippen LogP contribution in [0.2, 0.25) is 0 Å². The molecule has 1 aliphatic heterocycles. The number of ether oxygens (including phenoxy) is 2. The van der Waals surface area contributed by atoms with Crippen LogP contribution in [-0.4, -0.2) is 52.8 Å². The van der Waals surface area contributed by atoms with Crippen LogP contribution in [0.5, 0.6) is 0 Å². The number of nitrogens with zero attached hydrogens (tertiary/aromatic N) is 1. The van der Waals surface area contributed by atoms with E-state index in [9.17, 15) is 19.5 Å². The summed E-state index contributed by atoms with van der Waals surface area (Å²) in [6.45, 7) is 7.36. The molecular formula is C14H21NO6. The summed E-state index contributed by atoms with van der Waals surface area (Å²) in [6.07, 6.45) is -0.648. The van der Waals surface area contributed by atoms with Crippen molar-refractivity contribution >= 4 is 18.0 Å². The minimum atomic E-state index is -1.11. The highest BCUT2D eigenvalue weighted by Gasteiger charge is 2.68. The van der Waals surface area contributed by atoms with Crippen molar-refractivity contribution in [2.45, 2.75) is 39.3 Å². The summed E-state index contributed by atoms with van der Waals surface area (Å²) in [7, 11) is 0. The zero-order valence-corrected chi connectivity index (χ0v) is 12.7. The van der Waals surface area contributed by atoms with E-state index < -0.39 is 29.6 Å². The molecule has 2 aliphatic rings. The monoisotopic (exact) mass is 299 g/mol. The predicted molar refractivity (Wildman–Crippen MR) is 71.5 cm³/mol. The molecule has 0 aromatic heterocycles. The molecule has 7 nitrogen and oxygen atoms in total. The molecule has 0 spiro atoms. The van der Waals surface area contributed by atoms with Crippen molar-refractivity contribution in [3.05, 3.63) is 0 Å². The van der Waals surface area contributed by atoms with Gasteiger partial charge in [0, 0.05) is 12.5 Å². The van der Waals surface area contributed by atoms with Gasteiger partial charge < -0.3 is 14.6 Å². The maximum Gasteiger partial charge on any atom is 0.411 e. The molecule has 2 rings (SSSR count). The molecule has 4 atom stereocenters. The maximum atomic E-state index is 12.1. The van der Waals surface area contributed by atoms with Gasteiger partial charge in [-0.3, -0.25) is 9.69 Å². The first-order valence-corrected chi connectivity index (χ1v) is 7.06. The van der Waals surface area contributed by atoms with Crippen LogP contribution in [0.15, 0.2) is 0 Å². The lowest BCUT2D eigenvalue weighted by Crippen LogP contribution is -2.47. The fourth-order valence-electron chi connectivity index (χ4n) is 2.99. The first-order valence-electron chi connectivity index (χ1n) is 7.06. The minimum Gasteiger partial charge on any atom is -0.480 e. The van der Waals surface area contributed by atoms with E-state index in [0.717, 1.165) is 0 Å². The summed E-state index contributed by atoms with van der Waals surface area (Å²) in [5, 5.41) is 9.36. The second-order valence-corrected chi connectivity index (χ2v) is 6.43. The molecule has 0 aromatic rings. The number of fused-ring (bicyclic) bond motifs is 1. The molecular weight excluding hydrogens is 278 g/mol. The van der Waals surface area contributed by atoms with Crippen LogP contribution in [0.3, 0.4) is 0 Å². The largest absolute Gasteiger partial charge is 0.480 e. The second kappa shape index (κ2) is 5.20. The van der Waals surface area contributed by atoms with E-state index in [0.29, 0.717) is 0 Å². The quantitative estimate of drug-likeness (QED) is 0.785. The molecule has 0 radical (unpaired) electrons. The van der Waals surface area contributed by atoms with Crippen LogP contribution in [0, 0.1) is 17.8 Å². The van der Waals surface area contributed by atoms with Crippen molar-refractivity contribution < 1.29 is 29.0 Å². The number of carbonyl (C=O) groups is 3. The van der Waals surface area contributed by atoms with Gasteiger partial charge in [-0.15, -0.1) is 0 Å². The third-order valence-electron chi connectivity index (χ3n) is 3.78. The smallest absolute Gasteiger partial charge is 0.411 e. The number of likely N-dealkylation sites (tertiary alicyclic amines) is 1. The van der Waals surface area contributed by atoms with E-state index in [-0.39, 0.29) is 31.0 Å². The van der Waals surface area contributed by atoms with Gasteiger partial charge in [0.2, 0.25) is 0 Å². The topological polar surface area (TPSA) is 93.1 Å². The first kappa shape index (κ1) is 15.6. The van der Waals surface area contributed by atoms with Crippen LogP contribution >= 0.6 is 0 Å². The average molecular weight is 299 g/mol. The zero-order chi connectivity index (χ0) is 15.9. The van der Waals surface area contributed by atoms with E-state index in [2.05, 4.69) is 0 Å². The molecule has 21 heavy (non-hydrogen) atoms. The highest BCUT2D eigenvalue weighted by molar-refractivity contribution is 5.86. The number of carboxylic acids is 1. The summed E-state index contributed by atoms with van der Waals surface area (Å²) < 4.78 is 10.2. The lowest BCUT2D eigenvalue weighted by atomic mass is 10.1. The molecule has 1 heterocycles. The van der Waals surface area contributed by atoms with Crippen LogP contribution in [0.25, 0.3) is 0 Å². The van der Waals surface area contributed by atoms with Gasteiger partial charge in [0.25, 0.3) is 0 Å². The molecule has 3 unspecified atom stereocenters. The number of esters is 1. The van der Waals surface area contributed by atoms with Gasteiger partial charge in [0.15, 0.2) is 0 Å². The second-order valence-electron chi connectivity index (χ2n) is 6.43. The average Bonchev–Trinajstić information content (AvgIpc) is 2.87. The van der Waals surface area contributed by atoms with Crippen LogP contribution in [0.4, 0.5) is 4.79 Å². The molecule has 1 saturated carbocycles.